The summed E-state index contributed by atoms with van der Waals surface area (Å²) in [6.07, 6.45) is 1.73. The van der Waals surface area contributed by atoms with Crippen LogP contribution in [-0.4, -0.2) is 38.3 Å². The van der Waals surface area contributed by atoms with Crippen molar-refractivity contribution < 1.29 is 17.9 Å². The fraction of sp³-hybridized carbons (Fsp3) is 0.278. The van der Waals surface area contributed by atoms with Crippen LogP contribution in [0.2, 0.25) is 5.02 Å². The first-order chi connectivity index (χ1) is 12.5. The van der Waals surface area contributed by atoms with Gasteiger partial charge in [0.2, 0.25) is 10.0 Å². The molecule has 1 heterocycles. The Morgan fingerprint density at radius 3 is 2.46 bits per heavy atom. The number of rotatable bonds is 6. The number of halogens is 1. The lowest BCUT2D eigenvalue weighted by atomic mass is 10.3. The molecule has 0 atom stereocenters. The monoisotopic (exact) mass is 394 g/mol. The van der Waals surface area contributed by atoms with Gasteiger partial charge in [-0.05, 0) is 43.2 Å². The number of para-hydroxylation sites is 1. The summed E-state index contributed by atoms with van der Waals surface area (Å²) in [6, 6.07) is 13.3. The Labute approximate surface area is 157 Å². The van der Waals surface area contributed by atoms with Crippen molar-refractivity contribution in [3.05, 3.63) is 53.6 Å². The van der Waals surface area contributed by atoms with E-state index in [0.29, 0.717) is 18.8 Å². The molecule has 0 saturated carbocycles. The second-order valence-corrected chi connectivity index (χ2v) is 8.25. The summed E-state index contributed by atoms with van der Waals surface area (Å²) in [5, 5.41) is 2.85. The number of carbonyl (C=O) groups is 1. The van der Waals surface area contributed by atoms with Gasteiger partial charge in [0.1, 0.15) is 5.75 Å². The number of amides is 1. The molecule has 1 N–H and O–H groups in total. The lowest BCUT2D eigenvalue weighted by Gasteiger charge is -2.16. The number of carbonyl (C=O) groups excluding carboxylic acids is 1. The minimum Gasteiger partial charge on any atom is -0.482 e. The van der Waals surface area contributed by atoms with Crippen LogP contribution < -0.4 is 10.1 Å². The van der Waals surface area contributed by atoms with E-state index in [1.54, 1.807) is 12.1 Å². The van der Waals surface area contributed by atoms with Crippen molar-refractivity contribution in [3.8, 4) is 5.75 Å². The van der Waals surface area contributed by atoms with Crippen molar-refractivity contribution in [2.45, 2.75) is 17.7 Å². The molecule has 0 unspecified atom stereocenters. The van der Waals surface area contributed by atoms with Crippen LogP contribution in [0.25, 0.3) is 0 Å². The molecule has 1 amide bonds. The molecule has 0 aromatic heterocycles. The summed E-state index contributed by atoms with van der Waals surface area (Å²) in [4.78, 5) is 12.0. The smallest absolute Gasteiger partial charge is 0.262 e. The van der Waals surface area contributed by atoms with Gasteiger partial charge < -0.3 is 10.1 Å². The van der Waals surface area contributed by atoms with Crippen molar-refractivity contribution in [3.63, 3.8) is 0 Å². The van der Waals surface area contributed by atoms with E-state index < -0.39 is 10.0 Å². The van der Waals surface area contributed by atoms with Gasteiger partial charge in [-0.25, -0.2) is 8.42 Å². The number of anilines is 1. The Morgan fingerprint density at radius 2 is 1.81 bits per heavy atom. The number of sulfonamides is 1. The van der Waals surface area contributed by atoms with Crippen LogP contribution in [0.5, 0.6) is 5.75 Å². The summed E-state index contributed by atoms with van der Waals surface area (Å²) < 4.78 is 31.9. The summed E-state index contributed by atoms with van der Waals surface area (Å²) in [7, 11) is -3.54. The van der Waals surface area contributed by atoms with E-state index in [-0.39, 0.29) is 28.2 Å². The number of nitrogens with one attached hydrogen (secondary N) is 1. The van der Waals surface area contributed by atoms with Gasteiger partial charge in [-0.2, -0.15) is 4.31 Å². The molecule has 2 aromatic rings. The van der Waals surface area contributed by atoms with Gasteiger partial charge in [-0.1, -0.05) is 29.8 Å². The van der Waals surface area contributed by atoms with E-state index in [9.17, 15) is 13.2 Å². The van der Waals surface area contributed by atoms with Gasteiger partial charge in [-0.3, -0.25) is 4.79 Å². The molecule has 138 valence electrons. The van der Waals surface area contributed by atoms with Crippen LogP contribution in [0.15, 0.2) is 53.4 Å². The van der Waals surface area contributed by atoms with E-state index in [1.807, 2.05) is 18.2 Å². The maximum absolute atomic E-state index is 12.5. The van der Waals surface area contributed by atoms with E-state index in [2.05, 4.69) is 5.32 Å². The topological polar surface area (TPSA) is 75.7 Å². The highest BCUT2D eigenvalue weighted by Gasteiger charge is 2.27. The van der Waals surface area contributed by atoms with Gasteiger partial charge in [0.25, 0.3) is 5.91 Å². The van der Waals surface area contributed by atoms with Gasteiger partial charge in [-0.15, -0.1) is 0 Å². The average molecular weight is 395 g/mol. The molecule has 1 saturated heterocycles. The predicted molar refractivity (Wildman–Crippen MR) is 100 cm³/mol. The number of hydrogen-bond acceptors (Lipinski definition) is 4. The van der Waals surface area contributed by atoms with Crippen LogP contribution in [0.1, 0.15) is 12.8 Å². The minimum absolute atomic E-state index is 0.130. The molecule has 3 rings (SSSR count). The molecule has 2 aromatic carbocycles. The van der Waals surface area contributed by atoms with Gasteiger partial charge >= 0.3 is 0 Å². The van der Waals surface area contributed by atoms with Gasteiger partial charge in [0, 0.05) is 18.8 Å². The third-order valence-corrected chi connectivity index (χ3v) is 6.21. The van der Waals surface area contributed by atoms with Gasteiger partial charge in [0.05, 0.1) is 9.92 Å². The maximum Gasteiger partial charge on any atom is 0.262 e. The van der Waals surface area contributed by atoms with Crippen molar-refractivity contribution in [2.75, 3.05) is 25.0 Å². The third-order valence-electron chi connectivity index (χ3n) is 4.02. The van der Waals surface area contributed by atoms with E-state index in [1.165, 1.54) is 22.5 Å². The molecule has 8 heteroatoms. The SMILES string of the molecule is O=C(COc1ccc(S(=O)(=O)N2CCCC2)cc1Cl)Nc1ccccc1. The Balaban J connectivity index is 1.63. The summed E-state index contributed by atoms with van der Waals surface area (Å²) in [5.74, 6) is -0.0729. The van der Waals surface area contributed by atoms with Crippen molar-refractivity contribution in [1.29, 1.82) is 0 Å². The predicted octanol–water partition coefficient (Wildman–Crippen LogP) is 3.14. The van der Waals surface area contributed by atoms with Crippen LogP contribution >= 0.6 is 11.6 Å². The standard InChI is InChI=1S/C18H19ClN2O4S/c19-16-12-15(26(23,24)21-10-4-5-11-21)8-9-17(16)25-13-18(22)20-14-6-2-1-3-7-14/h1-3,6-9,12H,4-5,10-11,13H2,(H,20,22). The molecule has 0 radical (unpaired) electrons. The zero-order valence-corrected chi connectivity index (χ0v) is 15.6. The number of hydrogen-bond donors (Lipinski definition) is 1. The Morgan fingerprint density at radius 1 is 1.12 bits per heavy atom. The molecule has 1 fully saturated rings. The second-order valence-electron chi connectivity index (χ2n) is 5.91. The molecule has 0 aliphatic carbocycles. The van der Waals surface area contributed by atoms with Crippen molar-refractivity contribution in [1.82, 2.24) is 4.31 Å². The van der Waals surface area contributed by atoms with Crippen molar-refractivity contribution in [2.24, 2.45) is 0 Å². The van der Waals surface area contributed by atoms with Crippen LogP contribution in [0.3, 0.4) is 0 Å². The molecule has 6 nitrogen and oxygen atoms in total. The highest BCUT2D eigenvalue weighted by molar-refractivity contribution is 7.89. The van der Waals surface area contributed by atoms with E-state index in [0.717, 1.165) is 12.8 Å². The first kappa shape index (κ1) is 18.7. The van der Waals surface area contributed by atoms with Crippen molar-refractivity contribution >= 4 is 33.2 Å². The van der Waals surface area contributed by atoms with Crippen LogP contribution in [-0.2, 0) is 14.8 Å². The largest absolute Gasteiger partial charge is 0.482 e. The van der Waals surface area contributed by atoms with E-state index in [4.69, 9.17) is 16.3 Å². The zero-order chi connectivity index (χ0) is 18.6. The highest BCUT2D eigenvalue weighted by Crippen LogP contribution is 2.29. The number of nitrogens with zero attached hydrogens (tertiary/aromatic N) is 1. The molecule has 26 heavy (non-hydrogen) atoms. The molecular weight excluding hydrogens is 376 g/mol. The zero-order valence-electron chi connectivity index (χ0n) is 14.0. The third kappa shape index (κ3) is 4.35. The molecule has 1 aliphatic rings. The summed E-state index contributed by atoms with van der Waals surface area (Å²) >= 11 is 6.15. The molecule has 1 aliphatic heterocycles. The quantitative estimate of drug-likeness (QED) is 0.816. The van der Waals surface area contributed by atoms with Gasteiger partial charge in [0.15, 0.2) is 6.61 Å². The maximum atomic E-state index is 12.5. The normalized spacial score (nSPS) is 15.0. The summed E-state index contributed by atoms with van der Waals surface area (Å²) in [5.41, 5.74) is 0.666. The number of benzene rings is 2. The highest BCUT2D eigenvalue weighted by atomic mass is 35.5. The minimum atomic E-state index is -3.54. The molecule has 0 bridgehead atoms. The first-order valence-corrected chi connectivity index (χ1v) is 10.1. The first-order valence-electron chi connectivity index (χ1n) is 8.24. The lowest BCUT2D eigenvalue weighted by molar-refractivity contribution is -0.118. The van der Waals surface area contributed by atoms with Crippen LogP contribution in [0.4, 0.5) is 5.69 Å². The summed E-state index contributed by atoms with van der Waals surface area (Å²) in [6.45, 7) is 0.822. The molecular formula is C18H19ClN2O4S. The average Bonchev–Trinajstić information content (AvgIpc) is 3.17. The number of ether oxygens (including phenoxy) is 1. The Kier molecular flexibility index (Phi) is 5.80. The fourth-order valence-corrected chi connectivity index (χ4v) is 4.54. The fourth-order valence-electron chi connectivity index (χ4n) is 2.70. The Bertz CT molecular complexity index is 881. The lowest BCUT2D eigenvalue weighted by Crippen LogP contribution is -2.27. The van der Waals surface area contributed by atoms with E-state index >= 15 is 0 Å². The molecule has 0 spiro atoms. The second kappa shape index (κ2) is 8.07. The van der Waals surface area contributed by atoms with Crippen LogP contribution in [0, 0.1) is 0 Å². The Hall–Kier alpha value is -2.09.